The number of carbonyl (C=O) groups is 1. The largest absolute Gasteiger partial charge is 0.383 e. The lowest BCUT2D eigenvalue weighted by molar-refractivity contribution is -0.127. The maximum atomic E-state index is 12.4. The molecule has 0 spiro atoms. The molecule has 2 fully saturated rings. The molecule has 0 saturated carbocycles. The van der Waals surface area contributed by atoms with Gasteiger partial charge in [0.15, 0.2) is 0 Å². The molecule has 0 aliphatic carbocycles. The minimum atomic E-state index is 0.103. The standard InChI is InChI=1S/C22H32N4O2/c1-28-14-10-24-22(27)20-7-4-11-26(17-20)21-8-12-25(13-9-21)16-19-6-3-2-5-18(19)15-23/h2-3,5-6,20-21H,4,7-14,16-17H2,1H3,(H,24,27). The molecule has 2 heterocycles. The average molecular weight is 385 g/mol. The molecular weight excluding hydrogens is 352 g/mol. The third-order valence-electron chi connectivity index (χ3n) is 6.03. The lowest BCUT2D eigenvalue weighted by atomic mass is 9.93. The number of likely N-dealkylation sites (tertiary alicyclic amines) is 2. The lowest BCUT2D eigenvalue weighted by Gasteiger charge is -2.42. The number of amides is 1. The van der Waals surface area contributed by atoms with Crippen LogP contribution in [0.3, 0.4) is 0 Å². The second-order valence-corrected chi connectivity index (χ2v) is 7.89. The summed E-state index contributed by atoms with van der Waals surface area (Å²) in [6.45, 7) is 6.08. The van der Waals surface area contributed by atoms with Crippen LogP contribution in [-0.4, -0.2) is 68.2 Å². The van der Waals surface area contributed by atoms with Crippen molar-refractivity contribution in [2.24, 2.45) is 5.92 Å². The van der Waals surface area contributed by atoms with E-state index < -0.39 is 0 Å². The molecule has 1 aromatic rings. The van der Waals surface area contributed by atoms with Crippen molar-refractivity contribution < 1.29 is 9.53 Å². The first kappa shape index (κ1) is 20.8. The van der Waals surface area contributed by atoms with Crippen LogP contribution in [0.5, 0.6) is 0 Å². The second kappa shape index (κ2) is 10.6. The van der Waals surface area contributed by atoms with Gasteiger partial charge in [0.1, 0.15) is 0 Å². The van der Waals surface area contributed by atoms with Gasteiger partial charge in [0, 0.05) is 32.8 Å². The molecule has 28 heavy (non-hydrogen) atoms. The number of hydrogen-bond acceptors (Lipinski definition) is 5. The van der Waals surface area contributed by atoms with E-state index in [9.17, 15) is 10.1 Å². The minimum absolute atomic E-state index is 0.103. The van der Waals surface area contributed by atoms with Crippen molar-refractivity contribution in [3.63, 3.8) is 0 Å². The Morgan fingerprint density at radius 3 is 2.79 bits per heavy atom. The Morgan fingerprint density at radius 1 is 1.25 bits per heavy atom. The Bertz CT molecular complexity index is 679. The average Bonchev–Trinajstić information content (AvgIpc) is 2.75. The highest BCUT2D eigenvalue weighted by molar-refractivity contribution is 5.78. The van der Waals surface area contributed by atoms with Crippen LogP contribution >= 0.6 is 0 Å². The van der Waals surface area contributed by atoms with Crippen LogP contribution in [0.1, 0.15) is 36.8 Å². The first-order valence-corrected chi connectivity index (χ1v) is 10.4. The molecule has 2 aliphatic heterocycles. The second-order valence-electron chi connectivity index (χ2n) is 7.89. The highest BCUT2D eigenvalue weighted by Crippen LogP contribution is 2.25. The molecule has 6 nitrogen and oxygen atoms in total. The Labute approximate surface area is 168 Å². The van der Waals surface area contributed by atoms with Crippen LogP contribution in [0, 0.1) is 17.2 Å². The maximum absolute atomic E-state index is 12.4. The number of hydrogen-bond donors (Lipinski definition) is 1. The molecule has 1 unspecified atom stereocenters. The number of rotatable bonds is 7. The van der Waals surface area contributed by atoms with Crippen molar-refractivity contribution in [2.45, 2.75) is 38.3 Å². The zero-order valence-corrected chi connectivity index (χ0v) is 16.9. The van der Waals surface area contributed by atoms with Gasteiger partial charge in [-0.1, -0.05) is 18.2 Å². The molecule has 1 atom stereocenters. The van der Waals surface area contributed by atoms with Gasteiger partial charge in [-0.15, -0.1) is 0 Å². The third-order valence-corrected chi connectivity index (χ3v) is 6.03. The van der Waals surface area contributed by atoms with Gasteiger partial charge in [0.05, 0.1) is 24.2 Å². The molecule has 1 aromatic carbocycles. The summed E-state index contributed by atoms with van der Waals surface area (Å²) in [7, 11) is 1.65. The number of nitrogens with zero attached hydrogens (tertiary/aromatic N) is 3. The number of carbonyl (C=O) groups excluding carboxylic acids is 1. The first-order valence-electron chi connectivity index (χ1n) is 10.4. The number of methoxy groups -OCH3 is 1. The highest BCUT2D eigenvalue weighted by atomic mass is 16.5. The quantitative estimate of drug-likeness (QED) is 0.728. The van der Waals surface area contributed by atoms with Gasteiger partial charge >= 0.3 is 0 Å². The number of nitrogens with one attached hydrogen (secondary N) is 1. The summed E-state index contributed by atoms with van der Waals surface area (Å²) in [5.41, 5.74) is 1.90. The zero-order valence-electron chi connectivity index (χ0n) is 16.9. The van der Waals surface area contributed by atoms with Gasteiger partial charge in [-0.2, -0.15) is 5.26 Å². The van der Waals surface area contributed by atoms with Gasteiger partial charge < -0.3 is 10.1 Å². The van der Waals surface area contributed by atoms with Crippen molar-refractivity contribution in [1.29, 1.82) is 5.26 Å². The van der Waals surface area contributed by atoms with E-state index >= 15 is 0 Å². The number of ether oxygens (including phenoxy) is 1. The molecule has 2 saturated heterocycles. The minimum Gasteiger partial charge on any atom is -0.383 e. The van der Waals surface area contributed by atoms with Crippen molar-refractivity contribution >= 4 is 5.91 Å². The Balaban J connectivity index is 1.46. The Hall–Kier alpha value is -1.94. The van der Waals surface area contributed by atoms with E-state index in [4.69, 9.17) is 4.74 Å². The molecular formula is C22H32N4O2. The molecule has 2 aliphatic rings. The lowest BCUT2D eigenvalue weighted by Crippen LogP contribution is -2.50. The number of nitriles is 1. The Kier molecular flexibility index (Phi) is 7.84. The predicted molar refractivity (Wildman–Crippen MR) is 109 cm³/mol. The summed E-state index contributed by atoms with van der Waals surface area (Å²) in [5.74, 6) is 0.276. The van der Waals surface area contributed by atoms with Crippen LogP contribution in [0.2, 0.25) is 0 Å². The predicted octanol–water partition coefficient (Wildman–Crippen LogP) is 2.00. The smallest absolute Gasteiger partial charge is 0.224 e. The Morgan fingerprint density at radius 2 is 2.04 bits per heavy atom. The summed E-state index contributed by atoms with van der Waals surface area (Å²) in [5, 5.41) is 12.3. The SMILES string of the molecule is COCCNC(=O)C1CCCN(C2CCN(Cc3ccccc3C#N)CC2)C1. The normalized spacial score (nSPS) is 21.9. The number of piperidine rings is 2. The summed E-state index contributed by atoms with van der Waals surface area (Å²) < 4.78 is 5.02. The van der Waals surface area contributed by atoms with Crippen LogP contribution in [0.4, 0.5) is 0 Å². The molecule has 3 rings (SSSR count). The molecule has 1 amide bonds. The van der Waals surface area contributed by atoms with E-state index in [2.05, 4.69) is 27.3 Å². The molecule has 0 radical (unpaired) electrons. The van der Waals surface area contributed by atoms with E-state index in [1.807, 2.05) is 18.2 Å². The van der Waals surface area contributed by atoms with E-state index in [0.29, 0.717) is 19.2 Å². The summed E-state index contributed by atoms with van der Waals surface area (Å²) in [6.07, 6.45) is 4.34. The van der Waals surface area contributed by atoms with Crippen LogP contribution < -0.4 is 5.32 Å². The molecule has 0 bridgehead atoms. The fraction of sp³-hybridized carbons (Fsp3) is 0.636. The zero-order chi connectivity index (χ0) is 19.8. The monoisotopic (exact) mass is 384 g/mol. The topological polar surface area (TPSA) is 68.6 Å². The van der Waals surface area contributed by atoms with Crippen LogP contribution in [0.15, 0.2) is 24.3 Å². The van der Waals surface area contributed by atoms with Crippen LogP contribution in [-0.2, 0) is 16.1 Å². The van der Waals surface area contributed by atoms with Gasteiger partial charge in [0.2, 0.25) is 5.91 Å². The van der Waals surface area contributed by atoms with E-state index in [0.717, 1.165) is 69.5 Å². The van der Waals surface area contributed by atoms with Crippen molar-refractivity contribution in [1.82, 2.24) is 15.1 Å². The van der Waals surface area contributed by atoms with E-state index in [1.165, 1.54) is 0 Å². The molecule has 152 valence electrons. The summed E-state index contributed by atoms with van der Waals surface area (Å²) in [6, 6.07) is 10.8. The van der Waals surface area contributed by atoms with Gasteiger partial charge in [0.25, 0.3) is 0 Å². The fourth-order valence-corrected chi connectivity index (χ4v) is 4.42. The van der Waals surface area contributed by atoms with Crippen molar-refractivity contribution in [3.8, 4) is 6.07 Å². The number of benzene rings is 1. The van der Waals surface area contributed by atoms with Gasteiger partial charge in [-0.25, -0.2) is 0 Å². The van der Waals surface area contributed by atoms with E-state index in [1.54, 1.807) is 7.11 Å². The van der Waals surface area contributed by atoms with Crippen molar-refractivity contribution in [3.05, 3.63) is 35.4 Å². The van der Waals surface area contributed by atoms with Gasteiger partial charge in [-0.05, 0) is 56.9 Å². The fourth-order valence-electron chi connectivity index (χ4n) is 4.42. The maximum Gasteiger partial charge on any atom is 0.224 e. The molecule has 1 N–H and O–H groups in total. The molecule has 0 aromatic heterocycles. The van der Waals surface area contributed by atoms with Crippen LogP contribution in [0.25, 0.3) is 0 Å². The van der Waals surface area contributed by atoms with Gasteiger partial charge in [-0.3, -0.25) is 14.6 Å². The third kappa shape index (κ3) is 5.54. The molecule has 6 heteroatoms. The first-order chi connectivity index (χ1) is 13.7. The summed E-state index contributed by atoms with van der Waals surface area (Å²) >= 11 is 0. The summed E-state index contributed by atoms with van der Waals surface area (Å²) in [4.78, 5) is 17.4. The van der Waals surface area contributed by atoms with Crippen molar-refractivity contribution in [2.75, 3.05) is 46.4 Å². The highest BCUT2D eigenvalue weighted by Gasteiger charge is 2.31. The van der Waals surface area contributed by atoms with E-state index in [-0.39, 0.29) is 11.8 Å².